The molecule has 0 bridgehead atoms. The monoisotopic (exact) mass is 226 g/mol. The van der Waals surface area contributed by atoms with Crippen LogP contribution in [-0.4, -0.2) is 41.1 Å². The summed E-state index contributed by atoms with van der Waals surface area (Å²) in [6, 6.07) is -0.495. The number of carbonyl (C=O) groups is 2. The molecule has 0 rings (SSSR count). The van der Waals surface area contributed by atoms with E-state index in [9.17, 15) is 9.59 Å². The van der Waals surface area contributed by atoms with E-state index in [2.05, 4.69) is 17.2 Å². The molecule has 2 amide bonds. The van der Waals surface area contributed by atoms with Gasteiger partial charge >= 0.3 is 12.0 Å². The Morgan fingerprint density at radius 2 is 2.12 bits per heavy atom. The van der Waals surface area contributed by atoms with Crippen molar-refractivity contribution in [2.45, 2.75) is 33.2 Å². The van der Waals surface area contributed by atoms with Crippen LogP contribution in [0, 0.1) is 11.8 Å². The van der Waals surface area contributed by atoms with Gasteiger partial charge < -0.3 is 15.3 Å². The Balaban J connectivity index is 4.41. The molecule has 16 heavy (non-hydrogen) atoms. The third-order valence-corrected chi connectivity index (χ3v) is 2.19. The molecular weight excluding hydrogens is 208 g/mol. The molecule has 0 saturated carbocycles. The van der Waals surface area contributed by atoms with Gasteiger partial charge in [0.05, 0.1) is 6.54 Å². The van der Waals surface area contributed by atoms with E-state index >= 15 is 0 Å². The number of carboxylic acid groups (broad SMARTS) is 1. The number of carboxylic acids is 1. The number of urea groups is 1. The highest BCUT2D eigenvalue weighted by Gasteiger charge is 2.20. The zero-order valence-corrected chi connectivity index (χ0v) is 9.91. The summed E-state index contributed by atoms with van der Waals surface area (Å²) in [4.78, 5) is 23.5. The summed E-state index contributed by atoms with van der Waals surface area (Å²) in [5, 5.41) is 11.3. The van der Waals surface area contributed by atoms with Gasteiger partial charge in [0, 0.05) is 6.04 Å². The summed E-state index contributed by atoms with van der Waals surface area (Å²) in [5.41, 5.74) is 0. The molecule has 0 aliphatic heterocycles. The number of rotatable bonds is 5. The number of aliphatic carboxylic acids is 1. The fourth-order valence-electron chi connectivity index (χ4n) is 1.10. The van der Waals surface area contributed by atoms with E-state index in [4.69, 9.17) is 5.11 Å². The van der Waals surface area contributed by atoms with Crippen LogP contribution in [0.5, 0.6) is 0 Å². The van der Waals surface area contributed by atoms with Crippen LogP contribution in [-0.2, 0) is 4.79 Å². The van der Waals surface area contributed by atoms with Gasteiger partial charge in [-0.2, -0.15) is 0 Å². The standard InChI is InChI=1S/C11H18N2O3/c1-4-6-7-12-11(16)13(8-10(14)15)9(3)5-2/h9H,5,7-8H2,1-3H3,(H,12,16)(H,14,15). The van der Waals surface area contributed by atoms with Crippen LogP contribution in [0.1, 0.15) is 27.2 Å². The lowest BCUT2D eigenvalue weighted by Gasteiger charge is -2.26. The summed E-state index contributed by atoms with van der Waals surface area (Å²) in [6.07, 6.45) is 0.708. The van der Waals surface area contributed by atoms with Gasteiger partial charge in [0.25, 0.3) is 0 Å². The highest BCUT2D eigenvalue weighted by molar-refractivity contribution is 5.80. The van der Waals surface area contributed by atoms with E-state index < -0.39 is 5.97 Å². The molecule has 0 aliphatic carbocycles. The molecule has 0 saturated heterocycles. The van der Waals surface area contributed by atoms with Crippen LogP contribution in [0.2, 0.25) is 0 Å². The Kier molecular flexibility index (Phi) is 6.77. The normalized spacial score (nSPS) is 10.9. The molecule has 5 nitrogen and oxygen atoms in total. The summed E-state index contributed by atoms with van der Waals surface area (Å²) in [7, 11) is 0. The lowest BCUT2D eigenvalue weighted by atomic mass is 10.2. The van der Waals surface area contributed by atoms with Gasteiger partial charge in [-0.1, -0.05) is 12.8 Å². The minimum absolute atomic E-state index is 0.106. The van der Waals surface area contributed by atoms with Gasteiger partial charge in [0.1, 0.15) is 6.54 Å². The van der Waals surface area contributed by atoms with Crippen LogP contribution < -0.4 is 5.32 Å². The first-order valence-corrected chi connectivity index (χ1v) is 5.18. The van der Waals surface area contributed by atoms with Crippen molar-refractivity contribution in [3.63, 3.8) is 0 Å². The van der Waals surface area contributed by atoms with Crippen molar-refractivity contribution in [2.24, 2.45) is 0 Å². The van der Waals surface area contributed by atoms with Gasteiger partial charge in [0.2, 0.25) is 0 Å². The van der Waals surface area contributed by atoms with Crippen LogP contribution in [0.4, 0.5) is 4.79 Å². The van der Waals surface area contributed by atoms with Gasteiger partial charge in [-0.3, -0.25) is 4.79 Å². The predicted molar refractivity (Wildman–Crippen MR) is 60.9 cm³/mol. The maximum Gasteiger partial charge on any atom is 0.323 e. The average molecular weight is 226 g/mol. The summed E-state index contributed by atoms with van der Waals surface area (Å²) in [6.45, 7) is 5.34. The van der Waals surface area contributed by atoms with Gasteiger partial charge in [-0.25, -0.2) is 4.79 Å². The zero-order chi connectivity index (χ0) is 12.6. The Labute approximate surface area is 95.8 Å². The summed E-state index contributed by atoms with van der Waals surface area (Å²) in [5.74, 6) is 4.32. The molecule has 1 atom stereocenters. The maximum atomic E-state index is 11.6. The molecule has 0 aromatic rings. The number of nitrogens with one attached hydrogen (secondary N) is 1. The van der Waals surface area contributed by atoms with Gasteiger partial charge in [-0.05, 0) is 20.3 Å². The molecule has 5 heteroatoms. The molecule has 0 fully saturated rings. The molecule has 0 aromatic carbocycles. The third kappa shape index (κ3) is 5.25. The summed E-state index contributed by atoms with van der Waals surface area (Å²) < 4.78 is 0. The lowest BCUT2D eigenvalue weighted by molar-refractivity contribution is -0.138. The molecule has 0 radical (unpaired) electrons. The van der Waals surface area contributed by atoms with Crippen LogP contribution in [0.15, 0.2) is 0 Å². The maximum absolute atomic E-state index is 11.6. The lowest BCUT2D eigenvalue weighted by Crippen LogP contribution is -2.47. The fourth-order valence-corrected chi connectivity index (χ4v) is 1.10. The topological polar surface area (TPSA) is 69.6 Å². The molecule has 0 aromatic heterocycles. The van der Waals surface area contributed by atoms with E-state index in [0.29, 0.717) is 6.42 Å². The molecule has 90 valence electrons. The smallest absolute Gasteiger partial charge is 0.323 e. The Morgan fingerprint density at radius 3 is 2.56 bits per heavy atom. The highest BCUT2D eigenvalue weighted by Crippen LogP contribution is 2.03. The van der Waals surface area contributed by atoms with Crippen molar-refractivity contribution < 1.29 is 14.7 Å². The van der Waals surface area contributed by atoms with E-state index in [0.717, 1.165) is 0 Å². The van der Waals surface area contributed by atoms with Crippen LogP contribution >= 0.6 is 0 Å². The largest absolute Gasteiger partial charge is 0.480 e. The first-order valence-electron chi connectivity index (χ1n) is 5.18. The van der Waals surface area contributed by atoms with Crippen molar-refractivity contribution in [3.8, 4) is 11.8 Å². The molecule has 0 aliphatic rings. The SMILES string of the molecule is CC#CCNC(=O)N(CC(=O)O)C(C)CC. The number of hydrogen-bond donors (Lipinski definition) is 2. The van der Waals surface area contributed by atoms with Gasteiger partial charge in [-0.15, -0.1) is 5.92 Å². The second-order valence-corrected chi connectivity index (χ2v) is 3.36. The fraction of sp³-hybridized carbons (Fsp3) is 0.636. The third-order valence-electron chi connectivity index (χ3n) is 2.19. The number of nitrogens with zero attached hydrogens (tertiary/aromatic N) is 1. The minimum atomic E-state index is -1.02. The van der Waals surface area contributed by atoms with E-state index in [-0.39, 0.29) is 25.2 Å². The Hall–Kier alpha value is -1.70. The van der Waals surface area contributed by atoms with Crippen molar-refractivity contribution >= 4 is 12.0 Å². The van der Waals surface area contributed by atoms with Crippen molar-refractivity contribution in [1.82, 2.24) is 10.2 Å². The molecule has 1 unspecified atom stereocenters. The highest BCUT2D eigenvalue weighted by atomic mass is 16.4. The van der Waals surface area contributed by atoms with Gasteiger partial charge in [0.15, 0.2) is 0 Å². The second-order valence-electron chi connectivity index (χ2n) is 3.36. The first kappa shape index (κ1) is 14.3. The number of hydrogen-bond acceptors (Lipinski definition) is 2. The number of carbonyl (C=O) groups excluding carboxylic acids is 1. The molecule has 0 heterocycles. The zero-order valence-electron chi connectivity index (χ0n) is 9.91. The quantitative estimate of drug-likeness (QED) is 0.684. The Bertz CT molecular complexity index is 304. The van der Waals surface area contributed by atoms with E-state index in [1.54, 1.807) is 6.92 Å². The van der Waals surface area contributed by atoms with Crippen LogP contribution in [0.25, 0.3) is 0 Å². The molecule has 0 spiro atoms. The Morgan fingerprint density at radius 1 is 1.50 bits per heavy atom. The molecule has 2 N–H and O–H groups in total. The first-order chi connectivity index (χ1) is 7.52. The average Bonchev–Trinajstić information content (AvgIpc) is 2.24. The number of amides is 2. The predicted octanol–water partition coefficient (Wildman–Crippen LogP) is 0.904. The second kappa shape index (κ2) is 7.57. The molecular formula is C11H18N2O3. The minimum Gasteiger partial charge on any atom is -0.480 e. The van der Waals surface area contributed by atoms with Crippen LogP contribution in [0.3, 0.4) is 0 Å². The van der Waals surface area contributed by atoms with E-state index in [1.165, 1.54) is 4.90 Å². The van der Waals surface area contributed by atoms with Crippen molar-refractivity contribution in [1.29, 1.82) is 0 Å². The van der Waals surface area contributed by atoms with Crippen molar-refractivity contribution in [2.75, 3.05) is 13.1 Å². The summed E-state index contributed by atoms with van der Waals surface area (Å²) >= 11 is 0. The van der Waals surface area contributed by atoms with E-state index in [1.807, 2.05) is 13.8 Å². The van der Waals surface area contributed by atoms with Crippen molar-refractivity contribution in [3.05, 3.63) is 0 Å².